The van der Waals surface area contributed by atoms with Gasteiger partial charge in [0.05, 0.1) is 12.1 Å². The van der Waals surface area contributed by atoms with Crippen molar-refractivity contribution >= 4 is 11.6 Å². The first-order valence-electron chi connectivity index (χ1n) is 5.90. The Labute approximate surface area is 96.0 Å². The zero-order valence-corrected chi connectivity index (χ0v) is 9.80. The van der Waals surface area contributed by atoms with E-state index in [9.17, 15) is 0 Å². The molecule has 84 valence electrons. The molecule has 0 saturated heterocycles. The van der Waals surface area contributed by atoms with Crippen molar-refractivity contribution in [3.8, 4) is 0 Å². The molecule has 1 aliphatic rings. The Morgan fingerprint density at radius 3 is 2.47 bits per heavy atom. The molecule has 2 rings (SSSR count). The molecule has 1 aliphatic carbocycles. The van der Waals surface area contributed by atoms with Crippen LogP contribution in [0.2, 0.25) is 0 Å². The molecule has 2 nitrogen and oxygen atoms in total. The topological polar surface area (TPSA) is 26.0 Å². The lowest BCUT2D eigenvalue weighted by Gasteiger charge is -2.16. The summed E-state index contributed by atoms with van der Waals surface area (Å²) < 4.78 is 5.63. The van der Waals surface area contributed by atoms with Gasteiger partial charge in [0, 0.05) is 5.92 Å². The zero-order valence-electron chi connectivity index (χ0n) is 9.04. The second-order valence-electron chi connectivity index (χ2n) is 4.33. The summed E-state index contributed by atoms with van der Waals surface area (Å²) in [5.74, 6) is 2.67. The summed E-state index contributed by atoms with van der Waals surface area (Å²) in [6.07, 6.45) is 11.1. The molecule has 1 saturated carbocycles. The maximum Gasteiger partial charge on any atom is 0.209 e. The van der Waals surface area contributed by atoms with Crippen molar-refractivity contribution in [1.29, 1.82) is 0 Å². The molecule has 0 bridgehead atoms. The lowest BCUT2D eigenvalue weighted by atomic mass is 9.90. The molecule has 3 heteroatoms. The second-order valence-corrected chi connectivity index (χ2v) is 4.60. The normalized spacial score (nSPS) is 19.8. The van der Waals surface area contributed by atoms with Crippen LogP contribution in [0.4, 0.5) is 0 Å². The average molecular weight is 228 g/mol. The van der Waals surface area contributed by atoms with Gasteiger partial charge in [0.15, 0.2) is 0 Å². The van der Waals surface area contributed by atoms with Crippen LogP contribution in [0, 0.1) is 0 Å². The van der Waals surface area contributed by atoms with Crippen LogP contribution in [0.25, 0.3) is 0 Å². The van der Waals surface area contributed by atoms with E-state index in [2.05, 4.69) is 4.98 Å². The molecule has 1 aromatic heterocycles. The second kappa shape index (κ2) is 5.55. The molecule has 1 heterocycles. The molecule has 0 unspecified atom stereocenters. The largest absolute Gasteiger partial charge is 0.444 e. The monoisotopic (exact) mass is 227 g/mol. The molecule has 15 heavy (non-hydrogen) atoms. The number of alkyl halides is 1. The third kappa shape index (κ3) is 2.97. The smallest absolute Gasteiger partial charge is 0.209 e. The Hall–Kier alpha value is -0.500. The van der Waals surface area contributed by atoms with Crippen LogP contribution in [-0.2, 0) is 5.88 Å². The minimum absolute atomic E-state index is 0.382. The van der Waals surface area contributed by atoms with Gasteiger partial charge in [-0.25, -0.2) is 4.98 Å². The number of oxazole rings is 1. The van der Waals surface area contributed by atoms with E-state index in [1.165, 1.54) is 44.9 Å². The predicted molar refractivity (Wildman–Crippen MR) is 61.1 cm³/mol. The molecule has 1 fully saturated rings. The minimum atomic E-state index is 0.382. The number of hydrogen-bond acceptors (Lipinski definition) is 2. The third-order valence-corrected chi connectivity index (χ3v) is 3.42. The third-order valence-electron chi connectivity index (χ3n) is 3.19. The van der Waals surface area contributed by atoms with Gasteiger partial charge in [-0.1, -0.05) is 32.1 Å². The quantitative estimate of drug-likeness (QED) is 0.707. The van der Waals surface area contributed by atoms with Crippen molar-refractivity contribution in [3.63, 3.8) is 0 Å². The zero-order chi connectivity index (χ0) is 10.5. The molecule has 0 aromatic carbocycles. The summed E-state index contributed by atoms with van der Waals surface area (Å²) in [6.45, 7) is 0. The SMILES string of the molecule is ClCc1ncc(C2CCCCCCC2)o1. The van der Waals surface area contributed by atoms with Crippen molar-refractivity contribution in [2.45, 2.75) is 56.7 Å². The van der Waals surface area contributed by atoms with E-state index in [4.69, 9.17) is 16.0 Å². The Kier molecular flexibility index (Phi) is 4.07. The number of hydrogen-bond donors (Lipinski definition) is 0. The fourth-order valence-corrected chi connectivity index (χ4v) is 2.44. The Balaban J connectivity index is 2.00. The molecule has 0 N–H and O–H groups in total. The summed E-state index contributed by atoms with van der Waals surface area (Å²) in [4.78, 5) is 4.17. The van der Waals surface area contributed by atoms with Gasteiger partial charge in [-0.3, -0.25) is 0 Å². The van der Waals surface area contributed by atoms with Crippen molar-refractivity contribution in [2.24, 2.45) is 0 Å². The molecule has 1 aromatic rings. The highest BCUT2D eigenvalue weighted by atomic mass is 35.5. The van der Waals surface area contributed by atoms with Gasteiger partial charge in [-0.15, -0.1) is 11.6 Å². The molecule has 0 radical (unpaired) electrons. The number of nitrogens with zero attached hydrogens (tertiary/aromatic N) is 1. The summed E-state index contributed by atoms with van der Waals surface area (Å²) >= 11 is 5.68. The number of rotatable bonds is 2. The van der Waals surface area contributed by atoms with Gasteiger partial charge in [0.2, 0.25) is 5.89 Å². The van der Waals surface area contributed by atoms with Crippen LogP contribution < -0.4 is 0 Å². The first-order valence-corrected chi connectivity index (χ1v) is 6.44. The van der Waals surface area contributed by atoms with Gasteiger partial charge in [0.25, 0.3) is 0 Å². The van der Waals surface area contributed by atoms with E-state index in [0.717, 1.165) is 5.76 Å². The van der Waals surface area contributed by atoms with Crippen LogP contribution in [0.1, 0.15) is 62.5 Å². The lowest BCUT2D eigenvalue weighted by Crippen LogP contribution is -2.01. The maximum atomic E-state index is 5.68. The fraction of sp³-hybridized carbons (Fsp3) is 0.750. The van der Waals surface area contributed by atoms with Crippen molar-refractivity contribution in [2.75, 3.05) is 0 Å². The maximum absolute atomic E-state index is 5.68. The highest BCUT2D eigenvalue weighted by Crippen LogP contribution is 2.31. The van der Waals surface area contributed by atoms with Crippen molar-refractivity contribution in [3.05, 3.63) is 17.8 Å². The van der Waals surface area contributed by atoms with E-state index in [1.807, 2.05) is 6.20 Å². The Bertz CT molecular complexity index is 290. The predicted octanol–water partition coefficient (Wildman–Crippen LogP) is 4.24. The fourth-order valence-electron chi connectivity index (χ4n) is 2.32. The van der Waals surface area contributed by atoms with Crippen LogP contribution in [-0.4, -0.2) is 4.98 Å². The van der Waals surface area contributed by atoms with Gasteiger partial charge in [-0.2, -0.15) is 0 Å². The average Bonchev–Trinajstić information content (AvgIpc) is 2.65. The van der Waals surface area contributed by atoms with Crippen molar-refractivity contribution in [1.82, 2.24) is 4.98 Å². The van der Waals surface area contributed by atoms with Gasteiger partial charge in [-0.05, 0) is 12.8 Å². The van der Waals surface area contributed by atoms with E-state index in [1.54, 1.807) is 0 Å². The molecule has 0 spiro atoms. The van der Waals surface area contributed by atoms with E-state index < -0.39 is 0 Å². The molecule has 0 atom stereocenters. The van der Waals surface area contributed by atoms with Gasteiger partial charge < -0.3 is 4.42 Å². The standard InChI is InChI=1S/C12H18ClNO/c13-8-12-14-9-11(15-12)10-6-4-2-1-3-5-7-10/h9-10H,1-8H2. The lowest BCUT2D eigenvalue weighted by molar-refractivity contribution is 0.376. The Morgan fingerprint density at radius 2 is 1.87 bits per heavy atom. The van der Waals surface area contributed by atoms with E-state index in [-0.39, 0.29) is 0 Å². The first-order chi connectivity index (χ1) is 7.40. The highest BCUT2D eigenvalue weighted by molar-refractivity contribution is 6.16. The van der Waals surface area contributed by atoms with Gasteiger partial charge in [0.1, 0.15) is 5.76 Å². The summed E-state index contributed by atoms with van der Waals surface area (Å²) in [6, 6.07) is 0. The summed E-state index contributed by atoms with van der Waals surface area (Å²) in [5.41, 5.74) is 0. The molecular formula is C12H18ClNO. The van der Waals surface area contributed by atoms with E-state index in [0.29, 0.717) is 17.7 Å². The number of aromatic nitrogens is 1. The Morgan fingerprint density at radius 1 is 1.20 bits per heavy atom. The molecular weight excluding hydrogens is 210 g/mol. The van der Waals surface area contributed by atoms with Gasteiger partial charge >= 0.3 is 0 Å². The first kappa shape index (κ1) is 11.0. The van der Waals surface area contributed by atoms with Crippen LogP contribution in [0.15, 0.2) is 10.6 Å². The van der Waals surface area contributed by atoms with Crippen LogP contribution in [0.5, 0.6) is 0 Å². The highest BCUT2D eigenvalue weighted by Gasteiger charge is 2.17. The summed E-state index contributed by atoms with van der Waals surface area (Å²) in [7, 11) is 0. The molecule has 0 aliphatic heterocycles. The number of halogens is 1. The van der Waals surface area contributed by atoms with E-state index >= 15 is 0 Å². The minimum Gasteiger partial charge on any atom is -0.444 e. The van der Waals surface area contributed by atoms with Crippen molar-refractivity contribution < 1.29 is 4.42 Å². The van der Waals surface area contributed by atoms with Crippen LogP contribution in [0.3, 0.4) is 0 Å². The summed E-state index contributed by atoms with van der Waals surface area (Å²) in [5, 5.41) is 0. The molecule has 0 amide bonds. The van der Waals surface area contributed by atoms with Crippen LogP contribution >= 0.6 is 11.6 Å².